The largest absolute Gasteiger partial charge is 0.480 e. The summed E-state index contributed by atoms with van der Waals surface area (Å²) in [7, 11) is 0. The van der Waals surface area contributed by atoms with Crippen molar-refractivity contribution in [2.24, 2.45) is 28.1 Å². The Bertz CT molecular complexity index is 871. The molecule has 1 heterocycles. The minimum Gasteiger partial charge on any atom is -0.480 e. The Morgan fingerprint density at radius 2 is 1.80 bits per heavy atom. The maximum absolute atomic E-state index is 13.2. The molecule has 0 radical (unpaired) electrons. The molecule has 0 bridgehead atoms. The number of carbonyl (C=O) groups is 4. The molecule has 0 saturated carbocycles. The third-order valence-electron chi connectivity index (χ3n) is 5.44. The van der Waals surface area contributed by atoms with Gasteiger partial charge in [0, 0.05) is 24.9 Å². The second-order valence-electron chi connectivity index (χ2n) is 8.34. The first kappa shape index (κ1) is 29.4. The average Bonchev–Trinajstić information content (AvgIpc) is 3.31. The van der Waals surface area contributed by atoms with Crippen LogP contribution in [0.1, 0.15) is 45.7 Å². The number of imidazole rings is 1. The third-order valence-corrected chi connectivity index (χ3v) is 5.44. The van der Waals surface area contributed by atoms with Crippen LogP contribution >= 0.6 is 0 Å². The molecule has 5 unspecified atom stereocenters. The molecule has 0 aliphatic heterocycles. The van der Waals surface area contributed by atoms with Gasteiger partial charge in [0.25, 0.3) is 0 Å². The molecule has 1 aromatic rings. The van der Waals surface area contributed by atoms with E-state index in [9.17, 15) is 19.2 Å². The van der Waals surface area contributed by atoms with Gasteiger partial charge in [-0.1, -0.05) is 20.3 Å². The normalized spacial score (nSPS) is 15.1. The van der Waals surface area contributed by atoms with Crippen LogP contribution in [0.2, 0.25) is 0 Å². The SMILES string of the molecule is CCC(C)C(NC(=O)C(Cc1cnc[nH]1)NC(=O)C(N)CCCN=C(N)N)C(=O)NC(C)C(=O)O. The number of nitrogens with two attached hydrogens (primary N) is 3. The first-order valence-electron chi connectivity index (χ1n) is 11.4. The Morgan fingerprint density at radius 3 is 2.34 bits per heavy atom. The summed E-state index contributed by atoms with van der Waals surface area (Å²) in [4.78, 5) is 60.3. The van der Waals surface area contributed by atoms with E-state index in [1.807, 2.05) is 6.92 Å². The summed E-state index contributed by atoms with van der Waals surface area (Å²) in [5.41, 5.74) is 17.1. The van der Waals surface area contributed by atoms with Crippen molar-refractivity contribution in [1.29, 1.82) is 0 Å². The van der Waals surface area contributed by atoms with Crippen molar-refractivity contribution in [3.8, 4) is 0 Å². The highest BCUT2D eigenvalue weighted by molar-refractivity contribution is 5.94. The monoisotopic (exact) mass is 495 g/mol. The van der Waals surface area contributed by atoms with Gasteiger partial charge >= 0.3 is 5.97 Å². The fourth-order valence-electron chi connectivity index (χ4n) is 3.08. The molecule has 14 heteroatoms. The molecule has 5 atom stereocenters. The summed E-state index contributed by atoms with van der Waals surface area (Å²) in [5, 5.41) is 16.7. The van der Waals surface area contributed by atoms with Crippen molar-refractivity contribution in [2.45, 2.75) is 70.6 Å². The number of hydrogen-bond acceptors (Lipinski definition) is 7. The molecule has 11 N–H and O–H groups in total. The van der Waals surface area contributed by atoms with Crippen LogP contribution < -0.4 is 33.2 Å². The first-order valence-corrected chi connectivity index (χ1v) is 11.4. The quantitative estimate of drug-likeness (QED) is 0.0756. The van der Waals surface area contributed by atoms with E-state index in [1.54, 1.807) is 6.92 Å². The number of H-pyrrole nitrogens is 1. The highest BCUT2D eigenvalue weighted by Gasteiger charge is 2.32. The van der Waals surface area contributed by atoms with Gasteiger partial charge in [0.2, 0.25) is 17.7 Å². The number of nitrogens with one attached hydrogen (secondary N) is 4. The first-order chi connectivity index (χ1) is 16.5. The predicted octanol–water partition coefficient (Wildman–Crippen LogP) is -2.06. The molecule has 3 amide bonds. The fourth-order valence-corrected chi connectivity index (χ4v) is 3.08. The molecule has 0 aliphatic rings. The van der Waals surface area contributed by atoms with Gasteiger partial charge in [0.05, 0.1) is 12.4 Å². The van der Waals surface area contributed by atoms with E-state index in [2.05, 4.69) is 30.9 Å². The lowest BCUT2D eigenvalue weighted by Crippen LogP contribution is -2.58. The standard InChI is InChI=1S/C21H37N9O5/c1-4-11(2)16(19(33)28-12(3)20(34)35)30-18(32)15(8-13-9-25-10-27-13)29-17(31)14(22)6-5-7-26-21(23)24/h9-12,14-16H,4-8,22H2,1-3H3,(H,25,27)(H,28,33)(H,29,31)(H,30,32)(H,34,35)(H4,23,24,26). The van der Waals surface area contributed by atoms with Gasteiger partial charge in [0.15, 0.2) is 5.96 Å². The number of aromatic amines is 1. The maximum Gasteiger partial charge on any atom is 0.325 e. The molecular formula is C21H37N9O5. The van der Waals surface area contributed by atoms with Crippen LogP contribution in [0, 0.1) is 5.92 Å². The van der Waals surface area contributed by atoms with E-state index < -0.39 is 47.9 Å². The van der Waals surface area contributed by atoms with E-state index >= 15 is 0 Å². The molecule has 0 aromatic carbocycles. The van der Waals surface area contributed by atoms with Crippen LogP contribution in [-0.2, 0) is 25.6 Å². The molecule has 1 aromatic heterocycles. The predicted molar refractivity (Wildman–Crippen MR) is 129 cm³/mol. The topological polar surface area (TPSA) is 244 Å². The number of amides is 3. The number of aliphatic imine (C=N–C) groups is 1. The Labute approximate surface area is 203 Å². The highest BCUT2D eigenvalue weighted by Crippen LogP contribution is 2.10. The molecule has 0 fully saturated rings. The van der Waals surface area contributed by atoms with E-state index in [0.29, 0.717) is 25.1 Å². The Kier molecular flexibility index (Phi) is 12.2. The van der Waals surface area contributed by atoms with E-state index in [4.69, 9.17) is 22.3 Å². The van der Waals surface area contributed by atoms with Crippen LogP contribution in [0.5, 0.6) is 0 Å². The lowest BCUT2D eigenvalue weighted by molar-refractivity contribution is -0.142. The van der Waals surface area contributed by atoms with Gasteiger partial charge in [0.1, 0.15) is 18.1 Å². The molecular weight excluding hydrogens is 458 g/mol. The van der Waals surface area contributed by atoms with Gasteiger partial charge in [-0.3, -0.25) is 24.2 Å². The van der Waals surface area contributed by atoms with E-state index in [-0.39, 0.29) is 24.7 Å². The van der Waals surface area contributed by atoms with Gasteiger partial charge in [-0.05, 0) is 25.7 Å². The smallest absolute Gasteiger partial charge is 0.325 e. The number of hydrogen-bond donors (Lipinski definition) is 8. The van der Waals surface area contributed by atoms with Gasteiger partial charge < -0.3 is 43.2 Å². The van der Waals surface area contributed by atoms with Crippen LogP contribution in [0.3, 0.4) is 0 Å². The van der Waals surface area contributed by atoms with Crippen molar-refractivity contribution in [1.82, 2.24) is 25.9 Å². The third kappa shape index (κ3) is 10.4. The van der Waals surface area contributed by atoms with Gasteiger partial charge in [-0.15, -0.1) is 0 Å². The number of carbonyl (C=O) groups excluding carboxylic acids is 3. The van der Waals surface area contributed by atoms with Crippen molar-refractivity contribution < 1.29 is 24.3 Å². The molecule has 0 spiro atoms. The average molecular weight is 496 g/mol. The van der Waals surface area contributed by atoms with E-state index in [1.165, 1.54) is 19.4 Å². The Morgan fingerprint density at radius 1 is 1.11 bits per heavy atom. The number of aliphatic carboxylic acids is 1. The molecule has 196 valence electrons. The zero-order chi connectivity index (χ0) is 26.5. The second kappa shape index (κ2) is 14.6. The summed E-state index contributed by atoms with van der Waals surface area (Å²) in [6, 6.07) is -4.12. The van der Waals surface area contributed by atoms with Gasteiger partial charge in [-0.25, -0.2) is 4.98 Å². The minimum atomic E-state index is -1.20. The van der Waals surface area contributed by atoms with Crippen LogP contribution in [0.25, 0.3) is 0 Å². The summed E-state index contributed by atoms with van der Waals surface area (Å²) < 4.78 is 0. The molecule has 0 aliphatic carbocycles. The van der Waals surface area contributed by atoms with Gasteiger partial charge in [-0.2, -0.15) is 0 Å². The maximum atomic E-state index is 13.2. The van der Waals surface area contributed by atoms with E-state index in [0.717, 1.165) is 0 Å². The van der Waals surface area contributed by atoms with Crippen molar-refractivity contribution in [3.05, 3.63) is 18.2 Å². The summed E-state index contributed by atoms with van der Waals surface area (Å²) >= 11 is 0. The minimum absolute atomic E-state index is 0.0584. The molecule has 1 rings (SSSR count). The summed E-state index contributed by atoms with van der Waals surface area (Å²) in [5.74, 6) is -3.38. The van der Waals surface area contributed by atoms with Crippen molar-refractivity contribution in [2.75, 3.05) is 6.54 Å². The number of carboxylic acid groups (broad SMARTS) is 1. The lowest BCUT2D eigenvalue weighted by Gasteiger charge is -2.27. The lowest BCUT2D eigenvalue weighted by atomic mass is 9.97. The highest BCUT2D eigenvalue weighted by atomic mass is 16.4. The second-order valence-corrected chi connectivity index (χ2v) is 8.34. The molecule has 0 saturated heterocycles. The number of rotatable bonds is 15. The summed E-state index contributed by atoms with van der Waals surface area (Å²) in [6.07, 6.45) is 4.30. The zero-order valence-electron chi connectivity index (χ0n) is 20.3. The van der Waals surface area contributed by atoms with Crippen molar-refractivity contribution in [3.63, 3.8) is 0 Å². The molecule has 14 nitrogen and oxygen atoms in total. The van der Waals surface area contributed by atoms with Crippen LogP contribution in [-0.4, -0.2) is 75.4 Å². The number of guanidine groups is 1. The van der Waals surface area contributed by atoms with Crippen LogP contribution in [0.4, 0.5) is 0 Å². The fraction of sp³-hybridized carbons (Fsp3) is 0.619. The number of nitrogens with zero attached hydrogens (tertiary/aromatic N) is 2. The van der Waals surface area contributed by atoms with Crippen molar-refractivity contribution >= 4 is 29.7 Å². The number of carboxylic acids is 1. The summed E-state index contributed by atoms with van der Waals surface area (Å²) in [6.45, 7) is 5.22. The Balaban J connectivity index is 2.95. The molecule has 35 heavy (non-hydrogen) atoms. The zero-order valence-corrected chi connectivity index (χ0v) is 20.3. The Hall–Kier alpha value is -3.68. The van der Waals surface area contributed by atoms with Crippen LogP contribution in [0.15, 0.2) is 17.5 Å². The number of aromatic nitrogens is 2.